The molecule has 2 bridgehead atoms. The SMILES string of the molecule is C[C@@H]1O[C@@H](O[C@H]2[C@H](O)[C@@H](O)[C@H](O[C@H]3[C@H](O[C@H]4CC[C@@]5(C)[C@H](CC[C@]6(C)[C@@H]5CC[C@]57OC[C@@]8(CC[C@](C)(C=O)C[C@@H]85)[C@H](O)C[C@]76C)C4(C)C)OC[C@H](O[C@@H]4O[C@H](CO)[C@@H](O)[C@H](O)[C@H]4O)[C@@H]3O)O[C@@H]2CO)[C@H](O)[C@H](O)[C@H]1O. The van der Waals surface area contributed by atoms with Crippen LogP contribution in [0.1, 0.15) is 113 Å². The van der Waals surface area contributed by atoms with Gasteiger partial charge in [0.15, 0.2) is 25.2 Å². The third kappa shape index (κ3) is 8.54. The molecule has 5 saturated carbocycles. The molecule has 22 nitrogen and oxygen atoms in total. The Kier molecular flexibility index (Phi) is 15.3. The fourth-order valence-corrected chi connectivity index (χ4v) is 17.6. The smallest absolute Gasteiger partial charge is 0.187 e. The van der Waals surface area contributed by atoms with E-state index in [1.54, 1.807) is 0 Å². The van der Waals surface area contributed by atoms with Gasteiger partial charge in [0.2, 0.25) is 0 Å². The lowest BCUT2D eigenvalue weighted by atomic mass is 9.30. The first-order valence-electron chi connectivity index (χ1n) is 27.5. The summed E-state index contributed by atoms with van der Waals surface area (Å²) in [6.07, 6.45) is -23.0. The van der Waals surface area contributed by atoms with E-state index >= 15 is 0 Å². The minimum absolute atomic E-state index is 0.0717. The molecule has 0 amide bonds. The molecule has 5 aliphatic heterocycles. The van der Waals surface area contributed by atoms with Gasteiger partial charge in [-0.3, -0.25) is 0 Å². The molecule has 0 aromatic carbocycles. The van der Waals surface area contributed by atoms with Gasteiger partial charge in [-0.05, 0) is 105 Å². The highest BCUT2D eigenvalue weighted by Crippen LogP contribution is 2.80. The Hall–Kier alpha value is -1.17. The minimum Gasteiger partial charge on any atom is -0.394 e. The van der Waals surface area contributed by atoms with Crippen LogP contribution in [0, 0.1) is 50.2 Å². The Morgan fingerprint density at radius 3 is 1.85 bits per heavy atom. The Bertz CT molecular complexity index is 2050. The summed E-state index contributed by atoms with van der Waals surface area (Å²) >= 11 is 0. The summed E-state index contributed by atoms with van der Waals surface area (Å²) in [7, 11) is 0. The molecule has 12 N–H and O–H groups in total. The Morgan fingerprint density at radius 2 is 1.17 bits per heavy atom. The molecule has 0 aromatic heterocycles. The van der Waals surface area contributed by atoms with Crippen molar-refractivity contribution in [2.75, 3.05) is 26.4 Å². The van der Waals surface area contributed by atoms with Crippen molar-refractivity contribution in [3.63, 3.8) is 0 Å². The Labute approximate surface area is 437 Å². The second-order valence-electron chi connectivity index (χ2n) is 26.2. The molecule has 5 aliphatic carbocycles. The topological polar surface area (TPSA) is 343 Å². The number of fused-ring (bicyclic) bond motifs is 4. The van der Waals surface area contributed by atoms with Crippen LogP contribution in [0.2, 0.25) is 0 Å². The first-order valence-corrected chi connectivity index (χ1v) is 27.5. The second-order valence-corrected chi connectivity index (χ2v) is 26.2. The van der Waals surface area contributed by atoms with E-state index < -0.39 is 159 Å². The van der Waals surface area contributed by atoms with Crippen LogP contribution in [0.3, 0.4) is 0 Å². The highest BCUT2D eigenvalue weighted by atomic mass is 16.8. The maximum Gasteiger partial charge on any atom is 0.187 e. The van der Waals surface area contributed by atoms with Gasteiger partial charge in [0, 0.05) is 16.2 Å². The van der Waals surface area contributed by atoms with Crippen LogP contribution in [-0.4, -0.2) is 229 Å². The standard InChI is InChI=1S/C53H86O22/c1-23-32(58)35(61)38(64)43(69-23)74-41-25(19-55)71-45(40(66)37(41)63)75-42-34(60)26(72-44-39(65)36(62)33(59)24(18-54)70-44)20-67-46(42)73-31-10-11-49(5)27(47(31,2)3)8-12-50(6)28(49)9-13-53-29-16-48(4,21-56)14-15-52(29,22-68-53)30(57)17-51(50,53)7/h21,23-46,54-55,57-66H,8-20,22H2,1-7H3/t23-,24+,25+,26-,27+,28+,29-,30+,31-,32-,33+,34-,35+,36-,37+,38+,39+,40+,41+,42+,43-,44-,45-,46-,48-,49-,50+,51-,52+,53-/m0/s1. The highest BCUT2D eigenvalue weighted by molar-refractivity contribution is 5.59. The molecule has 5 saturated heterocycles. The lowest BCUT2D eigenvalue weighted by Gasteiger charge is -2.75. The molecule has 22 heteroatoms. The summed E-state index contributed by atoms with van der Waals surface area (Å²) in [4.78, 5) is 12.6. The van der Waals surface area contributed by atoms with Crippen molar-refractivity contribution in [1.82, 2.24) is 0 Å². The van der Waals surface area contributed by atoms with Crippen LogP contribution >= 0.6 is 0 Å². The van der Waals surface area contributed by atoms with Gasteiger partial charge in [0.05, 0.1) is 50.3 Å². The molecule has 1 spiro atoms. The zero-order valence-corrected chi connectivity index (χ0v) is 44.3. The van der Waals surface area contributed by atoms with Crippen molar-refractivity contribution in [2.24, 2.45) is 50.2 Å². The van der Waals surface area contributed by atoms with E-state index in [0.29, 0.717) is 25.9 Å². The quantitative estimate of drug-likeness (QED) is 0.0827. The summed E-state index contributed by atoms with van der Waals surface area (Å²) in [6.45, 7) is 13.6. The fourth-order valence-electron chi connectivity index (χ4n) is 17.6. The predicted octanol–water partition coefficient (Wildman–Crippen LogP) is -1.50. The normalized spacial score (nSPS) is 58.5. The van der Waals surface area contributed by atoms with Gasteiger partial charge >= 0.3 is 0 Å². The molecule has 430 valence electrons. The molecule has 5 heterocycles. The maximum absolute atomic E-state index is 12.6. The van der Waals surface area contributed by atoms with Crippen molar-refractivity contribution in [2.45, 2.75) is 247 Å². The molecular formula is C53H86O22. The van der Waals surface area contributed by atoms with Crippen molar-refractivity contribution in [3.8, 4) is 0 Å². The fraction of sp³-hybridized carbons (Fsp3) is 0.981. The molecular weight excluding hydrogens is 989 g/mol. The van der Waals surface area contributed by atoms with Crippen LogP contribution in [0.5, 0.6) is 0 Å². The number of carbonyl (C=O) groups is 1. The van der Waals surface area contributed by atoms with E-state index in [4.69, 9.17) is 42.6 Å². The number of aliphatic hydroxyl groups excluding tert-OH is 12. The molecule has 75 heavy (non-hydrogen) atoms. The van der Waals surface area contributed by atoms with E-state index in [9.17, 15) is 66.1 Å². The third-order valence-electron chi connectivity index (χ3n) is 22.3. The average Bonchev–Trinajstić information content (AvgIpc) is 3.66. The lowest BCUT2D eigenvalue weighted by molar-refractivity contribution is -0.392. The van der Waals surface area contributed by atoms with Crippen molar-refractivity contribution >= 4 is 6.29 Å². The van der Waals surface area contributed by atoms with Crippen molar-refractivity contribution < 1.29 is 109 Å². The van der Waals surface area contributed by atoms with Gasteiger partial charge < -0.3 is 109 Å². The van der Waals surface area contributed by atoms with Gasteiger partial charge in [-0.1, -0.05) is 41.5 Å². The van der Waals surface area contributed by atoms with Gasteiger partial charge in [0.1, 0.15) is 91.7 Å². The van der Waals surface area contributed by atoms with Crippen molar-refractivity contribution in [3.05, 3.63) is 0 Å². The monoisotopic (exact) mass is 1070 g/mol. The van der Waals surface area contributed by atoms with Gasteiger partial charge in [-0.15, -0.1) is 0 Å². The van der Waals surface area contributed by atoms with Crippen LogP contribution in [0.4, 0.5) is 0 Å². The molecule has 0 radical (unpaired) electrons. The lowest BCUT2D eigenvalue weighted by Crippen LogP contribution is -2.74. The Balaban J connectivity index is 0.894. The van der Waals surface area contributed by atoms with E-state index in [-0.39, 0.29) is 46.0 Å². The number of ether oxygens (including phenoxy) is 9. The first-order chi connectivity index (χ1) is 35.2. The second kappa shape index (κ2) is 20.1. The average molecular weight is 1080 g/mol. The molecule has 0 aromatic rings. The van der Waals surface area contributed by atoms with Crippen LogP contribution in [0.25, 0.3) is 0 Å². The molecule has 30 atom stereocenters. The third-order valence-corrected chi connectivity index (χ3v) is 22.3. The zero-order valence-electron chi connectivity index (χ0n) is 44.3. The number of carbonyl (C=O) groups excluding carboxylic acids is 1. The number of rotatable bonds is 11. The molecule has 10 fully saturated rings. The summed E-state index contributed by atoms with van der Waals surface area (Å²) in [5.74, 6) is 0.451. The molecule has 0 unspecified atom stereocenters. The number of aldehydes is 1. The van der Waals surface area contributed by atoms with Crippen LogP contribution in [-0.2, 0) is 47.4 Å². The summed E-state index contributed by atoms with van der Waals surface area (Å²) < 4.78 is 55.8. The highest BCUT2D eigenvalue weighted by Gasteiger charge is 2.80. The number of hydrogen-bond acceptors (Lipinski definition) is 22. The number of hydrogen-bond donors (Lipinski definition) is 12. The van der Waals surface area contributed by atoms with Gasteiger partial charge in [-0.2, -0.15) is 0 Å². The molecule has 10 rings (SSSR count). The van der Waals surface area contributed by atoms with Gasteiger partial charge in [-0.25, -0.2) is 0 Å². The van der Waals surface area contributed by atoms with Crippen LogP contribution in [0.15, 0.2) is 0 Å². The first kappa shape index (κ1) is 57.1. The Morgan fingerprint density at radius 1 is 0.560 bits per heavy atom. The summed E-state index contributed by atoms with van der Waals surface area (Å²) in [6, 6.07) is 0. The zero-order chi connectivity index (χ0) is 54.3. The largest absolute Gasteiger partial charge is 0.394 e. The van der Waals surface area contributed by atoms with Gasteiger partial charge in [0.25, 0.3) is 0 Å². The van der Waals surface area contributed by atoms with Crippen LogP contribution < -0.4 is 0 Å². The maximum atomic E-state index is 12.6. The number of aliphatic hydroxyl groups is 12. The van der Waals surface area contributed by atoms with E-state index in [2.05, 4.69) is 41.5 Å². The van der Waals surface area contributed by atoms with E-state index in [0.717, 1.165) is 51.2 Å². The van der Waals surface area contributed by atoms with E-state index in [1.165, 1.54) is 6.92 Å². The van der Waals surface area contributed by atoms with E-state index in [1.807, 2.05) is 0 Å². The van der Waals surface area contributed by atoms with Crippen molar-refractivity contribution in [1.29, 1.82) is 0 Å². The molecule has 10 aliphatic rings. The summed E-state index contributed by atoms with van der Waals surface area (Å²) in [5.41, 5.74) is -2.58. The minimum atomic E-state index is -1.96. The predicted molar refractivity (Wildman–Crippen MR) is 255 cm³/mol. The summed E-state index contributed by atoms with van der Waals surface area (Å²) in [5, 5.41) is 131.